The SMILES string of the molecule is Cl.[2H]C1([2H])C[C@@H](C[C@H](N)C#N)C(=O)N1. The second kappa shape index (κ2) is 4.96. The Hall–Kier alpha value is -0.790. The summed E-state index contributed by atoms with van der Waals surface area (Å²) in [6.07, 6.45) is 0.322. The van der Waals surface area contributed by atoms with Crippen LogP contribution in [0.5, 0.6) is 0 Å². The molecule has 0 spiro atoms. The lowest BCUT2D eigenvalue weighted by molar-refractivity contribution is -0.122. The maximum absolute atomic E-state index is 11.1. The van der Waals surface area contributed by atoms with E-state index < -0.39 is 18.5 Å². The van der Waals surface area contributed by atoms with Gasteiger partial charge in [0, 0.05) is 15.2 Å². The van der Waals surface area contributed by atoms with Crippen LogP contribution in [0.2, 0.25) is 0 Å². The molecule has 12 heavy (non-hydrogen) atoms. The van der Waals surface area contributed by atoms with Crippen LogP contribution in [0.25, 0.3) is 0 Å². The molecule has 1 aliphatic heterocycles. The average molecular weight is 192 g/mol. The van der Waals surface area contributed by atoms with E-state index in [9.17, 15) is 4.79 Å². The van der Waals surface area contributed by atoms with Gasteiger partial charge in [0.2, 0.25) is 5.91 Å². The summed E-state index contributed by atoms with van der Waals surface area (Å²) in [7, 11) is 0. The van der Waals surface area contributed by atoms with Gasteiger partial charge in [-0.1, -0.05) is 0 Å². The van der Waals surface area contributed by atoms with Crippen LogP contribution in [0.1, 0.15) is 15.6 Å². The summed E-state index contributed by atoms with van der Waals surface area (Å²) in [6, 6.07) is 1.12. The summed E-state index contributed by atoms with van der Waals surface area (Å²) in [6.45, 7) is -1.64. The van der Waals surface area contributed by atoms with Crippen molar-refractivity contribution in [1.82, 2.24) is 5.32 Å². The van der Waals surface area contributed by atoms with Crippen molar-refractivity contribution >= 4 is 18.3 Å². The molecule has 3 N–H and O–H groups in total. The molecule has 0 aromatic heterocycles. The van der Waals surface area contributed by atoms with Crippen LogP contribution in [-0.2, 0) is 4.79 Å². The molecule has 1 amide bonds. The highest BCUT2D eigenvalue weighted by Crippen LogP contribution is 2.14. The van der Waals surface area contributed by atoms with Gasteiger partial charge in [-0.2, -0.15) is 5.26 Å². The van der Waals surface area contributed by atoms with Crippen LogP contribution in [0.15, 0.2) is 0 Å². The average Bonchev–Trinajstić information content (AvgIpc) is 2.24. The van der Waals surface area contributed by atoms with Gasteiger partial charge in [0.25, 0.3) is 0 Å². The van der Waals surface area contributed by atoms with E-state index in [-0.39, 0.29) is 31.2 Å². The van der Waals surface area contributed by atoms with E-state index >= 15 is 0 Å². The van der Waals surface area contributed by atoms with Crippen molar-refractivity contribution in [2.45, 2.75) is 18.9 Å². The first-order valence-corrected chi connectivity index (χ1v) is 3.42. The fraction of sp³-hybridized carbons (Fsp3) is 0.714. The van der Waals surface area contributed by atoms with Crippen LogP contribution in [0, 0.1) is 17.2 Å². The van der Waals surface area contributed by atoms with Crippen LogP contribution < -0.4 is 11.1 Å². The normalized spacial score (nSPS) is 30.3. The number of carbonyl (C=O) groups excluding carboxylic acids is 1. The second-order valence-electron chi connectivity index (χ2n) is 2.54. The zero-order valence-electron chi connectivity index (χ0n) is 8.41. The third-order valence-corrected chi connectivity index (χ3v) is 1.64. The van der Waals surface area contributed by atoms with Crippen molar-refractivity contribution < 1.29 is 7.54 Å². The number of nitrogens with one attached hydrogen (secondary N) is 1. The first-order valence-electron chi connectivity index (χ1n) is 4.42. The highest BCUT2D eigenvalue weighted by molar-refractivity contribution is 5.85. The number of amides is 1. The number of hydrogen-bond donors (Lipinski definition) is 2. The predicted octanol–water partition coefficient (Wildman–Crippen LogP) is -0.215. The van der Waals surface area contributed by atoms with E-state index in [1.54, 1.807) is 0 Å². The molecule has 2 atom stereocenters. The Morgan fingerprint density at radius 3 is 3.08 bits per heavy atom. The molecule has 4 nitrogen and oxygen atoms in total. The number of carbonyl (C=O) groups is 1. The molecule has 5 heteroatoms. The van der Waals surface area contributed by atoms with Crippen molar-refractivity contribution in [3.8, 4) is 6.07 Å². The summed E-state index contributed by atoms with van der Waals surface area (Å²) in [5, 5.41) is 10.6. The molecule has 0 aromatic carbocycles. The van der Waals surface area contributed by atoms with Gasteiger partial charge in [0.1, 0.15) is 0 Å². The van der Waals surface area contributed by atoms with E-state index in [4.69, 9.17) is 13.7 Å². The molecular formula is C7H12ClN3O. The molecule has 1 saturated heterocycles. The Morgan fingerprint density at radius 2 is 2.67 bits per heavy atom. The van der Waals surface area contributed by atoms with Gasteiger partial charge in [0.15, 0.2) is 0 Å². The minimum atomic E-state index is -1.64. The largest absolute Gasteiger partial charge is 0.356 e. The maximum Gasteiger partial charge on any atom is 0.223 e. The van der Waals surface area contributed by atoms with Crippen LogP contribution in [0.4, 0.5) is 0 Å². The Kier molecular flexibility index (Phi) is 3.24. The standard InChI is InChI=1S/C7H11N3O.ClH/c8-4-6(9)3-5-1-2-10-7(5)11;/h5-6H,1-3,9H2,(H,10,11);1H/t5-,6-;/m0./s1/i2D2;. The Morgan fingerprint density at radius 1 is 2.00 bits per heavy atom. The minimum absolute atomic E-state index is 0. The van der Waals surface area contributed by atoms with Gasteiger partial charge in [-0.25, -0.2) is 0 Å². The first-order chi connectivity index (χ1) is 5.94. The highest BCUT2D eigenvalue weighted by Gasteiger charge is 2.25. The quantitative estimate of drug-likeness (QED) is 0.634. The lowest BCUT2D eigenvalue weighted by Crippen LogP contribution is -2.26. The summed E-state index contributed by atoms with van der Waals surface area (Å²) >= 11 is 0. The Bertz CT molecular complexity index is 266. The number of halogens is 1. The van der Waals surface area contributed by atoms with Gasteiger partial charge in [-0.3, -0.25) is 4.79 Å². The van der Waals surface area contributed by atoms with Crippen LogP contribution in [-0.4, -0.2) is 18.4 Å². The Balaban J connectivity index is 0.00000169. The molecule has 0 aromatic rings. The number of nitrogens with zero attached hydrogens (tertiary/aromatic N) is 1. The smallest absolute Gasteiger partial charge is 0.223 e. The topological polar surface area (TPSA) is 78.9 Å². The van der Waals surface area contributed by atoms with Gasteiger partial charge < -0.3 is 11.1 Å². The number of nitrogens with two attached hydrogens (primary N) is 1. The van der Waals surface area contributed by atoms with Gasteiger partial charge >= 0.3 is 0 Å². The summed E-state index contributed by atoms with van der Waals surface area (Å²) < 4.78 is 14.5. The Labute approximate surface area is 80.3 Å². The van der Waals surface area contributed by atoms with Gasteiger partial charge in [0.05, 0.1) is 12.1 Å². The molecule has 1 heterocycles. The number of rotatable bonds is 2. The van der Waals surface area contributed by atoms with Crippen LogP contribution in [0.3, 0.4) is 0 Å². The molecule has 0 bridgehead atoms. The summed E-state index contributed by atoms with van der Waals surface area (Å²) in [5.74, 6) is -0.819. The van der Waals surface area contributed by atoms with E-state index in [0.717, 1.165) is 0 Å². The molecule has 68 valence electrons. The highest BCUT2D eigenvalue weighted by atomic mass is 35.5. The van der Waals surface area contributed by atoms with Gasteiger partial charge in [-0.15, -0.1) is 12.4 Å². The van der Waals surface area contributed by atoms with E-state index in [1.165, 1.54) is 0 Å². The van der Waals surface area contributed by atoms with Crippen molar-refractivity contribution in [2.75, 3.05) is 6.50 Å². The summed E-state index contributed by atoms with van der Waals surface area (Å²) in [5.41, 5.74) is 5.34. The van der Waals surface area contributed by atoms with Crippen molar-refractivity contribution in [2.24, 2.45) is 11.7 Å². The molecule has 1 aliphatic rings. The molecule has 1 fully saturated rings. The van der Waals surface area contributed by atoms with E-state index in [0.29, 0.717) is 0 Å². The molecule has 0 saturated carbocycles. The van der Waals surface area contributed by atoms with Crippen molar-refractivity contribution in [3.63, 3.8) is 0 Å². The number of nitriles is 1. The number of hydrogen-bond acceptors (Lipinski definition) is 3. The van der Waals surface area contributed by atoms with E-state index in [2.05, 4.69) is 5.32 Å². The first kappa shape index (κ1) is 7.84. The molecule has 1 rings (SSSR count). The third kappa shape index (κ3) is 2.68. The lowest BCUT2D eigenvalue weighted by atomic mass is 10.00. The fourth-order valence-corrected chi connectivity index (χ4v) is 1.01. The second-order valence-corrected chi connectivity index (χ2v) is 2.54. The monoisotopic (exact) mass is 191 g/mol. The van der Waals surface area contributed by atoms with Crippen molar-refractivity contribution in [1.29, 1.82) is 5.26 Å². The zero-order valence-corrected chi connectivity index (χ0v) is 7.23. The minimum Gasteiger partial charge on any atom is -0.356 e. The molecule has 0 radical (unpaired) electrons. The maximum atomic E-state index is 11.1. The van der Waals surface area contributed by atoms with Crippen LogP contribution >= 0.6 is 12.4 Å². The lowest BCUT2D eigenvalue weighted by Gasteiger charge is -2.06. The van der Waals surface area contributed by atoms with E-state index in [1.807, 2.05) is 6.07 Å². The predicted molar refractivity (Wildman–Crippen MR) is 46.6 cm³/mol. The zero-order chi connectivity index (χ0) is 10.1. The van der Waals surface area contributed by atoms with Crippen molar-refractivity contribution in [3.05, 3.63) is 0 Å². The summed E-state index contributed by atoms with van der Waals surface area (Å²) in [4.78, 5) is 11.1. The van der Waals surface area contributed by atoms with Gasteiger partial charge in [-0.05, 0) is 12.8 Å². The molecule has 0 aliphatic carbocycles. The fourth-order valence-electron chi connectivity index (χ4n) is 1.01. The molecule has 0 unspecified atom stereocenters. The third-order valence-electron chi connectivity index (χ3n) is 1.64. The molecular weight excluding hydrogens is 178 g/mol.